The van der Waals surface area contributed by atoms with Crippen LogP contribution in [0.1, 0.15) is 25.0 Å². The maximum Gasteiger partial charge on any atom is 0.219 e. The van der Waals surface area contributed by atoms with E-state index >= 15 is 0 Å². The van der Waals surface area contributed by atoms with Crippen molar-refractivity contribution < 1.29 is 17.9 Å². The summed E-state index contributed by atoms with van der Waals surface area (Å²) in [5.41, 5.74) is 1.87. The van der Waals surface area contributed by atoms with Crippen molar-refractivity contribution in [2.75, 3.05) is 45.6 Å². The van der Waals surface area contributed by atoms with Crippen LogP contribution < -0.4 is 4.74 Å². The van der Waals surface area contributed by atoms with E-state index in [1.54, 1.807) is 31.3 Å². The van der Waals surface area contributed by atoms with Crippen LogP contribution in [0.2, 0.25) is 0 Å². The van der Waals surface area contributed by atoms with Gasteiger partial charge in [0.15, 0.2) is 9.84 Å². The number of carbonyl (C=O) groups excluding carboxylic acids is 1. The van der Waals surface area contributed by atoms with Crippen molar-refractivity contribution in [2.24, 2.45) is 11.8 Å². The van der Waals surface area contributed by atoms with Crippen molar-refractivity contribution in [1.82, 2.24) is 9.80 Å². The van der Waals surface area contributed by atoms with Crippen LogP contribution in [0.3, 0.4) is 0 Å². The van der Waals surface area contributed by atoms with Gasteiger partial charge in [0.05, 0.1) is 28.9 Å². The molecular weight excluding hydrogens is 450 g/mol. The zero-order valence-electron chi connectivity index (χ0n) is 20.1. The Labute approximate surface area is 202 Å². The number of sulfone groups is 1. The number of benzene rings is 2. The number of ether oxygens (including phenoxy) is 1. The molecule has 8 heteroatoms. The molecule has 34 heavy (non-hydrogen) atoms. The first-order valence-corrected chi connectivity index (χ1v) is 13.2. The lowest BCUT2D eigenvalue weighted by molar-refractivity contribution is -0.127. The monoisotopic (exact) mass is 483 g/mol. The second kappa shape index (κ2) is 11.5. The molecule has 1 aliphatic heterocycles. The zero-order chi connectivity index (χ0) is 24.7. The van der Waals surface area contributed by atoms with Crippen molar-refractivity contribution in [3.63, 3.8) is 0 Å². The number of rotatable bonds is 10. The van der Waals surface area contributed by atoms with Crippen LogP contribution in [0.4, 0.5) is 0 Å². The van der Waals surface area contributed by atoms with E-state index in [9.17, 15) is 13.2 Å². The highest BCUT2D eigenvalue weighted by Crippen LogP contribution is 2.25. The van der Waals surface area contributed by atoms with E-state index in [0.29, 0.717) is 29.8 Å². The van der Waals surface area contributed by atoms with Gasteiger partial charge in [0.1, 0.15) is 5.75 Å². The van der Waals surface area contributed by atoms with Gasteiger partial charge < -0.3 is 14.5 Å². The summed E-state index contributed by atoms with van der Waals surface area (Å²) in [4.78, 5) is 15.4. The van der Waals surface area contributed by atoms with Gasteiger partial charge in [-0.1, -0.05) is 19.1 Å². The van der Waals surface area contributed by atoms with Gasteiger partial charge in [-0.15, -0.1) is 0 Å². The molecule has 1 saturated heterocycles. The third kappa shape index (κ3) is 7.05. The molecule has 2 atom stereocenters. The van der Waals surface area contributed by atoms with Gasteiger partial charge in [0, 0.05) is 46.1 Å². The lowest BCUT2D eigenvalue weighted by atomic mass is 9.99. The smallest absolute Gasteiger partial charge is 0.219 e. The Hall–Kier alpha value is -2.89. The fraction of sp³-hybridized carbons (Fsp3) is 0.462. The molecular formula is C26H33N3O4S. The number of likely N-dealkylation sites (tertiary alicyclic amines) is 1. The molecule has 0 aliphatic carbocycles. The van der Waals surface area contributed by atoms with E-state index in [0.717, 1.165) is 26.1 Å². The lowest BCUT2D eigenvalue weighted by Crippen LogP contribution is -2.29. The normalized spacial score (nSPS) is 18.4. The van der Waals surface area contributed by atoms with Crippen LogP contribution >= 0.6 is 0 Å². The Kier molecular flexibility index (Phi) is 8.70. The molecule has 7 nitrogen and oxygen atoms in total. The third-order valence-corrected chi connectivity index (χ3v) is 8.21. The number of nitrogens with zero attached hydrogens (tertiary/aromatic N) is 3. The first kappa shape index (κ1) is 25.7. The summed E-state index contributed by atoms with van der Waals surface area (Å²) in [6.45, 7) is 7.30. The van der Waals surface area contributed by atoms with Gasteiger partial charge in [0.2, 0.25) is 5.91 Å². The summed E-state index contributed by atoms with van der Waals surface area (Å²) in [6.07, 6.45) is 0.911. The molecule has 182 valence electrons. The van der Waals surface area contributed by atoms with Crippen molar-refractivity contribution in [2.45, 2.75) is 25.2 Å². The highest BCUT2D eigenvalue weighted by molar-refractivity contribution is 7.91. The van der Waals surface area contributed by atoms with E-state index in [1.165, 1.54) is 17.4 Å². The Balaban J connectivity index is 1.47. The zero-order valence-corrected chi connectivity index (χ0v) is 20.9. The standard InChI is InChI=1S/C26H33N3O4S/c1-20-17-29(12-11-22-5-4-6-23(15-22)16-27)18-24(20)19-33-25-7-9-26(10-8-25)34(31,32)14-13-28(3)21(2)30/h4-10,15,20,24H,11-14,17-19H2,1-3H3/t20-,24+/m1/s1. The largest absolute Gasteiger partial charge is 0.493 e. The minimum atomic E-state index is -3.46. The van der Waals surface area contributed by atoms with Crippen molar-refractivity contribution in [3.05, 3.63) is 59.7 Å². The molecule has 0 aromatic heterocycles. The highest BCUT2D eigenvalue weighted by atomic mass is 32.2. The summed E-state index contributed by atoms with van der Waals surface area (Å²) in [5.74, 6) is 1.28. The minimum absolute atomic E-state index is 0.112. The predicted molar refractivity (Wildman–Crippen MR) is 131 cm³/mol. The molecule has 1 fully saturated rings. The number of amides is 1. The number of nitriles is 1. The van der Waals surface area contributed by atoms with Crippen LogP contribution in [0.25, 0.3) is 0 Å². The third-order valence-electron chi connectivity index (χ3n) is 6.50. The Morgan fingerprint density at radius 2 is 1.94 bits per heavy atom. The predicted octanol–water partition coefficient (Wildman–Crippen LogP) is 3.00. The van der Waals surface area contributed by atoms with Crippen LogP contribution in [-0.2, 0) is 21.1 Å². The Morgan fingerprint density at radius 3 is 2.62 bits per heavy atom. The number of hydrogen-bond acceptors (Lipinski definition) is 6. The highest BCUT2D eigenvalue weighted by Gasteiger charge is 2.29. The second-order valence-corrected chi connectivity index (χ2v) is 11.2. The van der Waals surface area contributed by atoms with Gasteiger partial charge in [0.25, 0.3) is 0 Å². The minimum Gasteiger partial charge on any atom is -0.493 e. The fourth-order valence-corrected chi connectivity index (χ4v) is 5.41. The van der Waals surface area contributed by atoms with Gasteiger partial charge in [-0.25, -0.2) is 8.42 Å². The van der Waals surface area contributed by atoms with Crippen LogP contribution in [0, 0.1) is 23.2 Å². The molecule has 2 aromatic rings. The lowest BCUT2D eigenvalue weighted by Gasteiger charge is -2.17. The van der Waals surface area contributed by atoms with E-state index in [-0.39, 0.29) is 23.1 Å². The maximum absolute atomic E-state index is 12.5. The summed E-state index contributed by atoms with van der Waals surface area (Å²) in [6, 6.07) is 16.5. The van der Waals surface area contributed by atoms with E-state index in [4.69, 9.17) is 10.00 Å². The summed E-state index contributed by atoms with van der Waals surface area (Å²) in [5, 5.41) is 9.06. The van der Waals surface area contributed by atoms with Crippen molar-refractivity contribution in [3.8, 4) is 11.8 Å². The van der Waals surface area contributed by atoms with Crippen LogP contribution in [0.15, 0.2) is 53.4 Å². The molecule has 3 rings (SSSR count). The van der Waals surface area contributed by atoms with E-state index in [1.807, 2.05) is 18.2 Å². The van der Waals surface area contributed by atoms with Crippen LogP contribution in [0.5, 0.6) is 5.75 Å². The van der Waals surface area contributed by atoms with Gasteiger partial charge in [-0.3, -0.25) is 4.79 Å². The molecule has 0 radical (unpaired) electrons. The maximum atomic E-state index is 12.5. The van der Waals surface area contributed by atoms with Crippen LogP contribution in [-0.4, -0.2) is 69.7 Å². The molecule has 0 spiro atoms. The molecule has 0 bridgehead atoms. The molecule has 1 amide bonds. The van der Waals surface area contributed by atoms with Crippen molar-refractivity contribution >= 4 is 15.7 Å². The fourth-order valence-electron chi connectivity index (χ4n) is 4.10. The molecule has 0 N–H and O–H groups in total. The van der Waals surface area contributed by atoms with Gasteiger partial charge in [-0.2, -0.15) is 5.26 Å². The van der Waals surface area contributed by atoms with E-state index < -0.39 is 9.84 Å². The summed E-state index contributed by atoms with van der Waals surface area (Å²) in [7, 11) is -1.87. The molecule has 0 saturated carbocycles. The molecule has 1 aliphatic rings. The quantitative estimate of drug-likeness (QED) is 0.516. The second-order valence-electron chi connectivity index (χ2n) is 9.10. The topological polar surface area (TPSA) is 90.7 Å². The van der Waals surface area contributed by atoms with Gasteiger partial charge in [-0.05, 0) is 54.3 Å². The SMILES string of the molecule is CC(=O)N(C)CCS(=O)(=O)c1ccc(OC[C@@H]2CN(CCc3cccc(C#N)c3)C[C@H]2C)cc1. The van der Waals surface area contributed by atoms with E-state index in [2.05, 4.69) is 24.0 Å². The summed E-state index contributed by atoms with van der Waals surface area (Å²) < 4.78 is 31.0. The average molecular weight is 484 g/mol. The summed E-state index contributed by atoms with van der Waals surface area (Å²) >= 11 is 0. The van der Waals surface area contributed by atoms with Crippen molar-refractivity contribution in [1.29, 1.82) is 5.26 Å². The molecule has 1 heterocycles. The molecule has 0 unspecified atom stereocenters. The average Bonchev–Trinajstić information content (AvgIpc) is 3.19. The van der Waals surface area contributed by atoms with Gasteiger partial charge >= 0.3 is 0 Å². The number of carbonyl (C=O) groups is 1. The number of hydrogen-bond donors (Lipinski definition) is 0. The Bertz CT molecular complexity index is 1130. The first-order chi connectivity index (χ1) is 16.2. The molecule has 2 aromatic carbocycles. The Morgan fingerprint density at radius 1 is 1.21 bits per heavy atom. The first-order valence-electron chi connectivity index (χ1n) is 11.6.